The second-order valence-corrected chi connectivity index (χ2v) is 29.8. The van der Waals surface area contributed by atoms with E-state index < -0.39 is 18.4 Å². The molecule has 350 valence electrons. The summed E-state index contributed by atoms with van der Waals surface area (Å²) < 4.78 is 33.3. The molecule has 16 heteroatoms. The molecule has 0 aliphatic carbocycles. The van der Waals surface area contributed by atoms with Crippen LogP contribution in [0.3, 0.4) is 0 Å². The van der Waals surface area contributed by atoms with Gasteiger partial charge >= 0.3 is 24.4 Å². The Labute approximate surface area is 413 Å². The van der Waals surface area contributed by atoms with Gasteiger partial charge in [0.15, 0.2) is 0 Å². The maximum Gasteiger partial charge on any atom is 3.00 e. The number of hydrogen-bond acceptors (Lipinski definition) is 12. The zero-order chi connectivity index (χ0) is 43.2. The second kappa shape index (κ2) is 53.6. The molecule has 6 nitrogen and oxygen atoms in total. The number of hydrogen-bond donors (Lipinski definition) is 0. The third kappa shape index (κ3) is 62.1. The summed E-state index contributed by atoms with van der Waals surface area (Å²) in [6.07, 6.45) is 29.4. The van der Waals surface area contributed by atoms with Crippen LogP contribution >= 0.6 is 18.4 Å². The van der Waals surface area contributed by atoms with E-state index in [1.54, 1.807) is 0 Å². The van der Waals surface area contributed by atoms with Crippen LogP contribution in [0.2, 0.25) is 0 Å². The molecule has 0 fully saturated rings. The van der Waals surface area contributed by atoms with E-state index >= 15 is 0 Å². The fourth-order valence-electron chi connectivity index (χ4n) is 5.40. The monoisotopic (exact) mass is 1100 g/mol. The van der Waals surface area contributed by atoms with Crippen molar-refractivity contribution in [2.24, 2.45) is 0 Å². The molecular weight excluding hydrogens is 1010 g/mol. The zero-order valence-corrected chi connectivity index (χ0v) is 48.3. The van der Waals surface area contributed by atoms with Crippen LogP contribution in [0.15, 0.2) is 0 Å². The topological polar surface area (TPSA) is 55.4 Å². The molecule has 0 aliphatic heterocycles. The van der Waals surface area contributed by atoms with Gasteiger partial charge in [-0.3, -0.25) is 27.1 Å². The summed E-state index contributed by atoms with van der Waals surface area (Å²) in [4.78, 5) is 0. The van der Waals surface area contributed by atoms with E-state index in [0.717, 1.165) is 38.5 Å². The largest absolute Gasteiger partial charge is 3.00 e. The van der Waals surface area contributed by atoms with E-state index in [9.17, 15) is 0 Å². The van der Waals surface area contributed by atoms with Crippen LogP contribution in [0.25, 0.3) is 0 Å². The van der Waals surface area contributed by atoms with Crippen LogP contribution in [0.4, 0.5) is 0 Å². The van der Waals surface area contributed by atoms with Gasteiger partial charge in [0.25, 0.3) is 0 Å². The van der Waals surface area contributed by atoms with Gasteiger partial charge in [0, 0.05) is 18.4 Å². The summed E-state index contributed by atoms with van der Waals surface area (Å²) in [5.41, 5.74) is 0. The maximum absolute atomic E-state index is 5.56. The normalized spacial score (nSPS) is 11.8. The van der Waals surface area contributed by atoms with Gasteiger partial charge in [-0.25, -0.2) is 0 Å². The number of unbranched alkanes of at least 4 members (excludes halogenated alkanes) is 24. The summed E-state index contributed by atoms with van der Waals surface area (Å²) >= 11 is 31.4. The number of rotatable bonds is 42. The predicted octanol–water partition coefficient (Wildman–Crippen LogP) is 16.8. The molecule has 0 amide bonds. The molecular formula is C42H90O6P3S6Sb. The van der Waals surface area contributed by atoms with Crippen LogP contribution in [0, 0.1) is 0 Å². The third-order valence-corrected chi connectivity index (χ3v) is 15.8. The molecule has 0 aromatic rings. The molecule has 0 saturated carbocycles. The summed E-state index contributed by atoms with van der Waals surface area (Å²) in [5, 5.41) is 0. The van der Waals surface area contributed by atoms with Crippen molar-refractivity contribution in [3.05, 3.63) is 0 Å². The Kier molecular flexibility index (Phi) is 63.3. The van der Waals surface area contributed by atoms with Gasteiger partial charge in [-0.1, -0.05) is 196 Å². The van der Waals surface area contributed by atoms with Gasteiger partial charge in [0.2, 0.25) is 0 Å². The van der Waals surface area contributed by atoms with Crippen molar-refractivity contribution in [1.29, 1.82) is 0 Å². The standard InChI is InChI=1S/3C14H31O2PS2.Sb/c3*1-3-5-7-9-11-13-15-17(18,19)16-14-12-10-8-6-4-2;/h3*3-14H2,1-2H3,(H,18,19);/q;;;+3/p-3. The first-order chi connectivity index (χ1) is 27.4. The van der Waals surface area contributed by atoms with Crippen LogP contribution < -0.4 is 0 Å². The Morgan fingerprint density at radius 3 is 0.466 bits per heavy atom. The van der Waals surface area contributed by atoms with Gasteiger partial charge < -0.3 is 73.5 Å². The summed E-state index contributed by atoms with van der Waals surface area (Å²) in [5.74, 6) is 0. The predicted molar refractivity (Wildman–Crippen MR) is 279 cm³/mol. The smallest absolute Gasteiger partial charge is 0.516 e. The molecule has 0 heterocycles. The minimum atomic E-state index is -2.39. The van der Waals surface area contributed by atoms with Gasteiger partial charge in [0.1, 0.15) is 0 Å². The molecule has 0 aromatic heterocycles. The van der Waals surface area contributed by atoms with E-state index in [0.29, 0.717) is 39.6 Å². The van der Waals surface area contributed by atoms with Gasteiger partial charge in [-0.05, 0) is 38.5 Å². The van der Waals surface area contributed by atoms with Crippen LogP contribution in [0.1, 0.15) is 234 Å². The van der Waals surface area contributed by atoms with Crippen molar-refractivity contribution in [2.45, 2.75) is 234 Å². The van der Waals surface area contributed by atoms with Gasteiger partial charge in [-0.15, -0.1) is 0 Å². The van der Waals surface area contributed by atoms with Crippen molar-refractivity contribution in [2.75, 3.05) is 39.6 Å². The Balaban J connectivity index is -0.000000374. The van der Waals surface area contributed by atoms with Crippen LogP contribution in [-0.2, 0) is 101 Å². The summed E-state index contributed by atoms with van der Waals surface area (Å²) in [6.45, 7) is 17.3. The molecule has 0 aromatic carbocycles. The molecule has 0 aliphatic rings. The molecule has 58 heavy (non-hydrogen) atoms. The first kappa shape index (κ1) is 68.5. The summed E-state index contributed by atoms with van der Waals surface area (Å²) in [6, 6.07) is 0. The molecule has 2 radical (unpaired) electrons. The molecule has 0 saturated heterocycles. The van der Waals surface area contributed by atoms with E-state index in [2.05, 4.69) is 41.5 Å². The quantitative estimate of drug-likeness (QED) is 0.0253. The minimum Gasteiger partial charge on any atom is -0.516 e. The summed E-state index contributed by atoms with van der Waals surface area (Å²) in [7, 11) is 0. The first-order valence-electron chi connectivity index (χ1n) is 23.2. The first-order valence-corrected chi connectivity index (χ1v) is 34.1. The zero-order valence-electron chi connectivity index (χ0n) is 38.1. The third-order valence-electron chi connectivity index (χ3n) is 8.98. The molecule has 0 atom stereocenters. The van der Waals surface area contributed by atoms with Crippen molar-refractivity contribution in [1.82, 2.24) is 0 Å². The maximum atomic E-state index is 5.56. The molecule has 0 bridgehead atoms. The Bertz CT molecular complexity index is 625. The van der Waals surface area contributed by atoms with Crippen LogP contribution in [-0.4, -0.2) is 64.1 Å². The van der Waals surface area contributed by atoms with Gasteiger partial charge in [-0.2, -0.15) is 0 Å². The van der Waals surface area contributed by atoms with E-state index in [-0.39, 0.29) is 24.4 Å². The van der Waals surface area contributed by atoms with Crippen molar-refractivity contribution < 1.29 is 27.1 Å². The van der Waals surface area contributed by atoms with E-state index in [1.807, 2.05) is 0 Å². The molecule has 0 rings (SSSR count). The van der Waals surface area contributed by atoms with Crippen LogP contribution in [0.5, 0.6) is 0 Å². The van der Waals surface area contributed by atoms with Gasteiger partial charge in [0.05, 0.1) is 39.6 Å². The fraction of sp³-hybridized carbons (Fsp3) is 1.00. The van der Waals surface area contributed by atoms with Crippen molar-refractivity contribution in [3.8, 4) is 0 Å². The average molecular weight is 1100 g/mol. The molecule has 0 N–H and O–H groups in total. The molecule has 0 spiro atoms. The Hall–Kier alpha value is 3.97. The second-order valence-electron chi connectivity index (χ2n) is 14.8. The van der Waals surface area contributed by atoms with E-state index in [4.69, 9.17) is 101 Å². The average Bonchev–Trinajstić information content (AvgIpc) is 3.17. The Morgan fingerprint density at radius 1 is 0.224 bits per heavy atom. The minimum absolute atomic E-state index is 0. The van der Waals surface area contributed by atoms with Crippen molar-refractivity contribution in [3.63, 3.8) is 0 Å². The SMILES string of the molecule is CCCCCCCO[P+]([S-])([S-])OCCCCCCC.CCCCCCCO[P+]([S-])([S-])OCCCCCCC.CCCCCCCO[P+]([S-])([S-])OCCCCCCC.[Sb+3]. The van der Waals surface area contributed by atoms with Crippen molar-refractivity contribution >= 4 is 116 Å². The molecule has 0 unspecified atom stereocenters. The Morgan fingerprint density at radius 2 is 0.345 bits per heavy atom. The fourth-order valence-corrected chi connectivity index (χ4v) is 10.4. The van der Waals surface area contributed by atoms with E-state index in [1.165, 1.54) is 154 Å².